The van der Waals surface area contributed by atoms with Crippen LogP contribution in [0.25, 0.3) is 0 Å². The Morgan fingerprint density at radius 3 is 2.68 bits per heavy atom. The first kappa shape index (κ1) is 13.4. The standard InChI is InChI=1S/C16H26N2O/c17-12-14-6-2-5-11-18(14)13-15-7-10-16(19-15)8-3-1-4-9-16/h14-15H,1-11,13H2. The van der Waals surface area contributed by atoms with Gasteiger partial charge in [0.15, 0.2) is 0 Å². The van der Waals surface area contributed by atoms with Crippen molar-refractivity contribution in [3.05, 3.63) is 0 Å². The molecule has 0 aromatic carbocycles. The van der Waals surface area contributed by atoms with Crippen LogP contribution in [0.5, 0.6) is 0 Å². The lowest BCUT2D eigenvalue weighted by Crippen LogP contribution is -2.43. The maximum Gasteiger partial charge on any atom is 0.0978 e. The van der Waals surface area contributed by atoms with Gasteiger partial charge < -0.3 is 4.74 Å². The maximum absolute atomic E-state index is 9.25. The van der Waals surface area contributed by atoms with Crippen LogP contribution in [0, 0.1) is 11.3 Å². The molecule has 0 N–H and O–H groups in total. The number of ether oxygens (including phenoxy) is 1. The zero-order chi connectivity index (χ0) is 13.1. The van der Waals surface area contributed by atoms with Gasteiger partial charge in [0.05, 0.1) is 23.8 Å². The molecule has 0 bridgehead atoms. The van der Waals surface area contributed by atoms with Crippen LogP contribution in [-0.4, -0.2) is 35.7 Å². The highest BCUT2D eigenvalue weighted by atomic mass is 16.5. The number of likely N-dealkylation sites (tertiary alicyclic amines) is 1. The van der Waals surface area contributed by atoms with E-state index in [1.165, 1.54) is 57.8 Å². The van der Waals surface area contributed by atoms with Crippen molar-refractivity contribution in [3.63, 3.8) is 0 Å². The van der Waals surface area contributed by atoms with Crippen molar-refractivity contribution in [3.8, 4) is 6.07 Å². The number of hydrogen-bond donors (Lipinski definition) is 0. The van der Waals surface area contributed by atoms with Gasteiger partial charge in [-0.25, -0.2) is 0 Å². The van der Waals surface area contributed by atoms with E-state index in [-0.39, 0.29) is 11.6 Å². The quantitative estimate of drug-likeness (QED) is 0.766. The van der Waals surface area contributed by atoms with Crippen LogP contribution in [0.15, 0.2) is 0 Å². The van der Waals surface area contributed by atoms with Gasteiger partial charge in [-0.15, -0.1) is 0 Å². The lowest BCUT2D eigenvalue weighted by atomic mass is 9.83. The van der Waals surface area contributed by atoms with Crippen LogP contribution in [-0.2, 0) is 4.74 Å². The summed E-state index contributed by atoms with van der Waals surface area (Å²) in [7, 11) is 0. The van der Waals surface area contributed by atoms with Crippen LogP contribution >= 0.6 is 0 Å². The number of piperidine rings is 1. The maximum atomic E-state index is 9.25. The summed E-state index contributed by atoms with van der Waals surface area (Å²) in [6.45, 7) is 2.07. The molecule has 1 spiro atoms. The second kappa shape index (κ2) is 5.81. The molecule has 19 heavy (non-hydrogen) atoms. The fraction of sp³-hybridized carbons (Fsp3) is 0.938. The molecule has 2 unspecified atom stereocenters. The van der Waals surface area contributed by atoms with Gasteiger partial charge in [0.1, 0.15) is 0 Å². The highest BCUT2D eigenvalue weighted by molar-refractivity contribution is 4.97. The second-order valence-electron chi connectivity index (χ2n) is 6.66. The molecule has 2 heterocycles. The minimum absolute atomic E-state index is 0.139. The average molecular weight is 262 g/mol. The molecular formula is C16H26N2O. The van der Waals surface area contributed by atoms with E-state index in [1.807, 2.05) is 0 Å². The van der Waals surface area contributed by atoms with Crippen LogP contribution in [0.3, 0.4) is 0 Å². The van der Waals surface area contributed by atoms with Gasteiger partial charge in [0.2, 0.25) is 0 Å². The highest BCUT2D eigenvalue weighted by Gasteiger charge is 2.41. The van der Waals surface area contributed by atoms with Gasteiger partial charge in [-0.3, -0.25) is 4.90 Å². The summed E-state index contributed by atoms with van der Waals surface area (Å²) in [6.07, 6.45) is 13.0. The first-order valence-electron chi connectivity index (χ1n) is 8.13. The van der Waals surface area contributed by atoms with Crippen molar-refractivity contribution in [2.45, 2.75) is 82.0 Å². The van der Waals surface area contributed by atoms with E-state index in [0.717, 1.165) is 19.5 Å². The molecule has 3 heteroatoms. The Hall–Kier alpha value is -0.590. The molecule has 0 aromatic heterocycles. The van der Waals surface area contributed by atoms with E-state index in [1.54, 1.807) is 0 Å². The molecule has 2 aliphatic heterocycles. The first-order chi connectivity index (χ1) is 9.31. The molecule has 2 saturated heterocycles. The molecule has 0 radical (unpaired) electrons. The normalized spacial score (nSPS) is 35.3. The van der Waals surface area contributed by atoms with Gasteiger partial charge in [-0.1, -0.05) is 19.3 Å². The SMILES string of the molecule is N#CC1CCCCN1CC1CCC2(CCCCC2)O1. The second-order valence-corrected chi connectivity index (χ2v) is 6.66. The van der Waals surface area contributed by atoms with Gasteiger partial charge in [-0.2, -0.15) is 5.26 Å². The molecule has 1 saturated carbocycles. The highest BCUT2D eigenvalue weighted by Crippen LogP contribution is 2.42. The van der Waals surface area contributed by atoms with E-state index >= 15 is 0 Å². The summed E-state index contributed by atoms with van der Waals surface area (Å²) >= 11 is 0. The number of nitriles is 1. The Morgan fingerprint density at radius 1 is 1.05 bits per heavy atom. The lowest BCUT2D eigenvalue weighted by molar-refractivity contribution is -0.0748. The Kier molecular flexibility index (Phi) is 4.10. The van der Waals surface area contributed by atoms with Crippen molar-refractivity contribution in [1.29, 1.82) is 5.26 Å². The van der Waals surface area contributed by atoms with Crippen LogP contribution in [0.1, 0.15) is 64.2 Å². The summed E-state index contributed by atoms with van der Waals surface area (Å²) in [5.74, 6) is 0. The van der Waals surface area contributed by atoms with Crippen LogP contribution in [0.2, 0.25) is 0 Å². The predicted octanol–water partition coefficient (Wildman–Crippen LogP) is 3.25. The van der Waals surface area contributed by atoms with Gasteiger partial charge in [0, 0.05) is 6.54 Å². The van der Waals surface area contributed by atoms with Crippen molar-refractivity contribution in [2.24, 2.45) is 0 Å². The Bertz CT molecular complexity index is 343. The van der Waals surface area contributed by atoms with Crippen LogP contribution in [0.4, 0.5) is 0 Å². The smallest absolute Gasteiger partial charge is 0.0978 e. The largest absolute Gasteiger partial charge is 0.370 e. The van der Waals surface area contributed by atoms with Gasteiger partial charge in [-0.05, 0) is 51.5 Å². The van der Waals surface area contributed by atoms with Crippen molar-refractivity contribution < 1.29 is 4.74 Å². The summed E-state index contributed by atoms with van der Waals surface area (Å²) < 4.78 is 6.43. The van der Waals surface area contributed by atoms with Gasteiger partial charge in [0.25, 0.3) is 0 Å². The lowest BCUT2D eigenvalue weighted by Gasteiger charge is -2.36. The van der Waals surface area contributed by atoms with Crippen LogP contribution < -0.4 is 0 Å². The minimum atomic E-state index is 0.139. The number of nitrogens with zero attached hydrogens (tertiary/aromatic N) is 2. The zero-order valence-electron chi connectivity index (χ0n) is 11.9. The predicted molar refractivity (Wildman–Crippen MR) is 74.7 cm³/mol. The number of rotatable bonds is 2. The molecule has 106 valence electrons. The molecule has 1 aliphatic carbocycles. The Labute approximate surface area is 116 Å². The number of hydrogen-bond acceptors (Lipinski definition) is 3. The van der Waals surface area contributed by atoms with Crippen molar-refractivity contribution in [2.75, 3.05) is 13.1 Å². The monoisotopic (exact) mass is 262 g/mol. The van der Waals surface area contributed by atoms with E-state index in [2.05, 4.69) is 11.0 Å². The fourth-order valence-electron chi connectivity index (χ4n) is 4.21. The molecule has 0 amide bonds. The van der Waals surface area contributed by atoms with Gasteiger partial charge >= 0.3 is 0 Å². The van der Waals surface area contributed by atoms with Crippen molar-refractivity contribution >= 4 is 0 Å². The third kappa shape index (κ3) is 2.95. The molecule has 3 nitrogen and oxygen atoms in total. The topological polar surface area (TPSA) is 36.3 Å². The molecule has 0 aromatic rings. The van der Waals surface area contributed by atoms with E-state index < -0.39 is 0 Å². The summed E-state index contributed by atoms with van der Waals surface area (Å²) in [5.41, 5.74) is 0.223. The third-order valence-corrected chi connectivity index (χ3v) is 5.30. The molecule has 3 rings (SSSR count). The third-order valence-electron chi connectivity index (χ3n) is 5.30. The molecular weight excluding hydrogens is 236 g/mol. The summed E-state index contributed by atoms with van der Waals surface area (Å²) in [4.78, 5) is 2.37. The Balaban J connectivity index is 1.55. The first-order valence-corrected chi connectivity index (χ1v) is 8.13. The van der Waals surface area contributed by atoms with E-state index in [4.69, 9.17) is 4.74 Å². The summed E-state index contributed by atoms with van der Waals surface area (Å²) in [5, 5.41) is 9.25. The fourth-order valence-corrected chi connectivity index (χ4v) is 4.21. The molecule has 3 fully saturated rings. The molecule has 3 aliphatic rings. The molecule has 2 atom stereocenters. The average Bonchev–Trinajstić information content (AvgIpc) is 2.83. The van der Waals surface area contributed by atoms with Crippen molar-refractivity contribution in [1.82, 2.24) is 4.90 Å². The van der Waals surface area contributed by atoms with E-state index in [9.17, 15) is 5.26 Å². The summed E-state index contributed by atoms with van der Waals surface area (Å²) in [6, 6.07) is 2.61. The zero-order valence-corrected chi connectivity index (χ0v) is 11.9. The van der Waals surface area contributed by atoms with E-state index in [0.29, 0.717) is 6.10 Å². The minimum Gasteiger partial charge on any atom is -0.370 e. The Morgan fingerprint density at radius 2 is 1.89 bits per heavy atom.